The number of aryl methyl sites for hydroxylation is 4. The summed E-state index contributed by atoms with van der Waals surface area (Å²) in [5, 5.41) is 0. The molecule has 7 nitrogen and oxygen atoms in total. The standard InChI is InChI=1S/C37H33NO3.C23H28O3/c1-26-5-15-32(16-6-26)38(33-17-7-27(2)8-18-33)34-19-9-29(10-20-34)25-37(30-11-21-35(40-4)22-12-30)31-13-23-36(24-14-31)41-28(3)39;1-16-14-19(8-10-21(16)25-4)23(12-6-5-7-13-23)20-9-11-22(17(2)15-20)26-18(3)24/h5-25H,1-4H3;8-11,14-15H,5-7,12-13H2,1-4H3. The van der Waals surface area contributed by atoms with Gasteiger partial charge in [0.2, 0.25) is 0 Å². The third-order valence-corrected chi connectivity index (χ3v) is 12.5. The lowest BCUT2D eigenvalue weighted by Crippen LogP contribution is -2.30. The molecule has 0 N–H and O–H groups in total. The molecule has 342 valence electrons. The molecule has 1 fully saturated rings. The van der Waals surface area contributed by atoms with Crippen molar-refractivity contribution in [2.24, 2.45) is 0 Å². The minimum atomic E-state index is -0.339. The monoisotopic (exact) mass is 891 g/mol. The summed E-state index contributed by atoms with van der Waals surface area (Å²) in [6.45, 7) is 11.2. The van der Waals surface area contributed by atoms with Gasteiger partial charge in [-0.25, -0.2) is 0 Å². The van der Waals surface area contributed by atoms with Gasteiger partial charge in [-0.1, -0.05) is 115 Å². The fraction of sp³-hybridized carbons (Fsp3) is 0.233. The van der Waals surface area contributed by atoms with Crippen LogP contribution in [0.3, 0.4) is 0 Å². The van der Waals surface area contributed by atoms with Crippen LogP contribution in [0.25, 0.3) is 11.6 Å². The molecule has 0 unspecified atom stereocenters. The summed E-state index contributed by atoms with van der Waals surface area (Å²) in [6, 6.07) is 54.2. The van der Waals surface area contributed by atoms with E-state index in [2.05, 4.69) is 147 Å². The molecule has 0 aliphatic heterocycles. The zero-order valence-electron chi connectivity index (χ0n) is 40.0. The van der Waals surface area contributed by atoms with Crippen LogP contribution in [-0.2, 0) is 15.0 Å². The molecule has 7 aromatic carbocycles. The summed E-state index contributed by atoms with van der Waals surface area (Å²) in [6.07, 6.45) is 8.22. The van der Waals surface area contributed by atoms with Gasteiger partial charge in [0.1, 0.15) is 23.0 Å². The summed E-state index contributed by atoms with van der Waals surface area (Å²) in [5.74, 6) is 2.29. The van der Waals surface area contributed by atoms with E-state index in [9.17, 15) is 9.59 Å². The first-order valence-corrected chi connectivity index (χ1v) is 23.0. The number of ether oxygens (including phenoxy) is 4. The Morgan fingerprint density at radius 1 is 0.493 bits per heavy atom. The second-order valence-corrected chi connectivity index (χ2v) is 17.4. The van der Waals surface area contributed by atoms with E-state index in [1.165, 1.54) is 60.9 Å². The number of nitrogens with zero attached hydrogens (tertiary/aromatic N) is 1. The number of rotatable bonds is 12. The second-order valence-electron chi connectivity index (χ2n) is 17.4. The summed E-state index contributed by atoms with van der Waals surface area (Å²) in [4.78, 5) is 25.0. The average Bonchev–Trinajstić information content (AvgIpc) is 3.33. The predicted octanol–water partition coefficient (Wildman–Crippen LogP) is 14.8. The van der Waals surface area contributed by atoms with E-state index in [-0.39, 0.29) is 17.4 Å². The van der Waals surface area contributed by atoms with Crippen molar-refractivity contribution in [3.8, 4) is 23.0 Å². The summed E-state index contributed by atoms with van der Waals surface area (Å²) in [5.41, 5.74) is 14.8. The number of methoxy groups -OCH3 is 2. The maximum absolute atomic E-state index is 11.4. The summed E-state index contributed by atoms with van der Waals surface area (Å²) in [7, 11) is 3.38. The van der Waals surface area contributed by atoms with Gasteiger partial charge in [-0.2, -0.15) is 0 Å². The molecule has 1 aliphatic rings. The van der Waals surface area contributed by atoms with E-state index in [1.807, 2.05) is 49.4 Å². The van der Waals surface area contributed by atoms with Crippen LogP contribution in [0.1, 0.15) is 96.0 Å². The Morgan fingerprint density at radius 3 is 1.37 bits per heavy atom. The van der Waals surface area contributed by atoms with Crippen molar-refractivity contribution in [1.82, 2.24) is 0 Å². The van der Waals surface area contributed by atoms with Crippen molar-refractivity contribution in [3.05, 3.63) is 208 Å². The molecule has 0 aromatic heterocycles. The molecule has 0 heterocycles. The third-order valence-electron chi connectivity index (χ3n) is 12.5. The maximum Gasteiger partial charge on any atom is 0.308 e. The number of anilines is 3. The average molecular weight is 892 g/mol. The molecule has 0 bridgehead atoms. The van der Waals surface area contributed by atoms with Crippen LogP contribution in [-0.4, -0.2) is 26.2 Å². The highest BCUT2D eigenvalue weighted by atomic mass is 16.5. The predicted molar refractivity (Wildman–Crippen MR) is 272 cm³/mol. The van der Waals surface area contributed by atoms with Crippen LogP contribution < -0.4 is 23.8 Å². The molecule has 8 rings (SSSR count). The summed E-state index contributed by atoms with van der Waals surface area (Å²) < 4.78 is 21.4. The summed E-state index contributed by atoms with van der Waals surface area (Å²) >= 11 is 0. The normalized spacial score (nSPS) is 13.1. The first-order chi connectivity index (χ1) is 32.3. The van der Waals surface area contributed by atoms with Crippen LogP contribution in [0, 0.1) is 27.7 Å². The Morgan fingerprint density at radius 2 is 0.940 bits per heavy atom. The largest absolute Gasteiger partial charge is 0.497 e. The Hall–Kier alpha value is -7.38. The zero-order valence-corrected chi connectivity index (χ0v) is 40.0. The lowest BCUT2D eigenvalue weighted by molar-refractivity contribution is -0.132. The first kappa shape index (κ1) is 47.6. The van der Waals surface area contributed by atoms with Gasteiger partial charge in [-0.15, -0.1) is 0 Å². The van der Waals surface area contributed by atoms with Crippen molar-refractivity contribution in [1.29, 1.82) is 0 Å². The lowest BCUT2D eigenvalue weighted by Gasteiger charge is -2.39. The quantitative estimate of drug-likeness (QED) is 0.0687. The number of esters is 2. The molecule has 7 aromatic rings. The van der Waals surface area contributed by atoms with E-state index in [0.717, 1.165) is 69.2 Å². The van der Waals surface area contributed by atoms with Gasteiger partial charge >= 0.3 is 11.9 Å². The van der Waals surface area contributed by atoms with E-state index in [0.29, 0.717) is 11.5 Å². The van der Waals surface area contributed by atoms with Crippen molar-refractivity contribution < 1.29 is 28.5 Å². The van der Waals surface area contributed by atoms with Crippen LogP contribution >= 0.6 is 0 Å². The Labute approximate surface area is 396 Å². The van der Waals surface area contributed by atoms with E-state index >= 15 is 0 Å². The van der Waals surface area contributed by atoms with Gasteiger partial charge in [-0.05, 0) is 164 Å². The van der Waals surface area contributed by atoms with E-state index in [1.54, 1.807) is 14.2 Å². The maximum atomic E-state index is 11.4. The Kier molecular flexibility index (Phi) is 15.4. The fourth-order valence-electron chi connectivity index (χ4n) is 8.99. The number of carbonyl (C=O) groups excluding carboxylic acids is 2. The highest BCUT2D eigenvalue weighted by Gasteiger charge is 2.36. The second kappa shape index (κ2) is 21.7. The molecular weight excluding hydrogens is 831 g/mol. The van der Waals surface area contributed by atoms with Crippen LogP contribution in [0.4, 0.5) is 17.1 Å². The molecule has 0 atom stereocenters. The lowest BCUT2D eigenvalue weighted by atomic mass is 9.65. The highest BCUT2D eigenvalue weighted by Crippen LogP contribution is 2.47. The third kappa shape index (κ3) is 11.7. The van der Waals surface area contributed by atoms with Crippen molar-refractivity contribution >= 4 is 40.6 Å². The van der Waals surface area contributed by atoms with Gasteiger partial charge < -0.3 is 23.8 Å². The number of hydrogen-bond acceptors (Lipinski definition) is 7. The molecule has 0 spiro atoms. The van der Waals surface area contributed by atoms with Gasteiger partial charge in [0.15, 0.2) is 0 Å². The van der Waals surface area contributed by atoms with Crippen molar-refractivity contribution in [3.63, 3.8) is 0 Å². The minimum absolute atomic E-state index is 0.0226. The Bertz CT molecular complexity index is 2760. The number of hydrogen-bond donors (Lipinski definition) is 0. The van der Waals surface area contributed by atoms with E-state index in [4.69, 9.17) is 18.9 Å². The van der Waals surface area contributed by atoms with Crippen LogP contribution in [0.15, 0.2) is 158 Å². The smallest absolute Gasteiger partial charge is 0.308 e. The minimum Gasteiger partial charge on any atom is -0.497 e. The topological polar surface area (TPSA) is 74.3 Å². The Balaban J connectivity index is 0.000000220. The van der Waals surface area contributed by atoms with Crippen LogP contribution in [0.2, 0.25) is 0 Å². The van der Waals surface area contributed by atoms with Crippen LogP contribution in [0.5, 0.6) is 23.0 Å². The van der Waals surface area contributed by atoms with E-state index < -0.39 is 0 Å². The molecule has 0 saturated heterocycles. The fourth-order valence-corrected chi connectivity index (χ4v) is 8.99. The molecule has 0 radical (unpaired) electrons. The molecule has 7 heteroatoms. The molecule has 67 heavy (non-hydrogen) atoms. The zero-order chi connectivity index (χ0) is 47.5. The first-order valence-electron chi connectivity index (χ1n) is 23.0. The number of benzene rings is 7. The molecule has 1 aliphatic carbocycles. The highest BCUT2D eigenvalue weighted by molar-refractivity contribution is 5.92. The van der Waals surface area contributed by atoms with Gasteiger partial charge in [-0.3, -0.25) is 9.59 Å². The van der Waals surface area contributed by atoms with Crippen molar-refractivity contribution in [2.75, 3.05) is 19.1 Å². The molecule has 1 saturated carbocycles. The number of carbonyl (C=O) groups is 2. The molecule has 0 amide bonds. The van der Waals surface area contributed by atoms with Gasteiger partial charge in [0.05, 0.1) is 14.2 Å². The van der Waals surface area contributed by atoms with Crippen molar-refractivity contribution in [2.45, 2.75) is 79.1 Å². The van der Waals surface area contributed by atoms with Gasteiger partial charge in [0.25, 0.3) is 0 Å². The SMILES string of the molecule is COc1ccc(C(=Cc2ccc(N(c3ccc(C)cc3)c3ccc(C)cc3)cc2)c2ccc(OC(C)=O)cc2)cc1.COc1ccc(C2(c3ccc(OC(C)=O)c(C)c3)CCCCC2)cc1C. The van der Waals surface area contributed by atoms with Gasteiger partial charge in [0, 0.05) is 36.3 Å². The molecular formula is C60H61NO6.